The zero-order chi connectivity index (χ0) is 27.4. The van der Waals surface area contributed by atoms with E-state index in [0.29, 0.717) is 17.3 Å². The van der Waals surface area contributed by atoms with E-state index >= 15 is 0 Å². The Kier molecular flexibility index (Phi) is 6.98. The predicted octanol–water partition coefficient (Wildman–Crippen LogP) is 5.70. The van der Waals surface area contributed by atoms with E-state index in [4.69, 9.17) is 16.3 Å². The molecule has 1 N–H and O–H groups in total. The number of hydrogen-bond donors (Lipinski definition) is 1. The maximum absolute atomic E-state index is 13.6. The summed E-state index contributed by atoms with van der Waals surface area (Å²) in [6.45, 7) is 1.82. The summed E-state index contributed by atoms with van der Waals surface area (Å²) < 4.78 is 9.01. The van der Waals surface area contributed by atoms with Gasteiger partial charge in [-0.1, -0.05) is 30.9 Å². The van der Waals surface area contributed by atoms with Crippen LogP contribution in [0.3, 0.4) is 0 Å². The molecule has 2 heterocycles. The van der Waals surface area contributed by atoms with Crippen molar-refractivity contribution < 1.29 is 14.3 Å². The van der Waals surface area contributed by atoms with Gasteiger partial charge in [0.05, 0.1) is 16.4 Å². The minimum absolute atomic E-state index is 0.0239. The van der Waals surface area contributed by atoms with Gasteiger partial charge in [0, 0.05) is 30.2 Å². The Morgan fingerprint density at radius 1 is 0.925 bits per heavy atom. The third-order valence-electron chi connectivity index (χ3n) is 10.7. The molecule has 0 spiro atoms. The quantitative estimate of drug-likeness (QED) is 0.468. The average molecular weight is 569 g/mol. The molecule has 2 aromatic rings. The molecule has 1 aliphatic heterocycles. The standard InChI is InChI=1S/C31H41ClN4O4/c32-23-6-7-26-27(15-23)35(25-4-2-1-3-5-25)30(39)36(26)29(38)33-24-8-10-34(11-9-24)19-40-28(37)31-16-20-12-21(17-31)14-22(13-20)18-31/h6-7,15,20-22,24-25H,1-5,8-14,16-19H2,(H,33,38). The molecule has 8 nitrogen and oxygen atoms in total. The first-order chi connectivity index (χ1) is 19.4. The van der Waals surface area contributed by atoms with Gasteiger partial charge in [-0.25, -0.2) is 14.2 Å². The molecule has 1 saturated heterocycles. The van der Waals surface area contributed by atoms with Gasteiger partial charge in [-0.2, -0.15) is 0 Å². The second-order valence-electron chi connectivity index (χ2n) is 13.5. The summed E-state index contributed by atoms with van der Waals surface area (Å²) in [6.07, 6.45) is 13.8. The topological polar surface area (TPSA) is 85.6 Å². The highest BCUT2D eigenvalue weighted by Gasteiger charge is 2.55. The van der Waals surface area contributed by atoms with Crippen LogP contribution in [0.15, 0.2) is 23.0 Å². The molecular weight excluding hydrogens is 528 g/mol. The van der Waals surface area contributed by atoms with Crippen molar-refractivity contribution in [1.29, 1.82) is 0 Å². The highest BCUT2D eigenvalue weighted by Crippen LogP contribution is 2.60. The SMILES string of the molecule is O=C(NC1CCN(COC(=O)C23CC4CC(CC(C4)C2)C3)CC1)n1c(=O)n(C2CCCCC2)c2cc(Cl)ccc21. The number of carbonyl (C=O) groups excluding carboxylic acids is 2. The number of ether oxygens (including phenoxy) is 1. The van der Waals surface area contributed by atoms with Gasteiger partial charge in [0.1, 0.15) is 6.73 Å². The van der Waals surface area contributed by atoms with Gasteiger partial charge in [0.2, 0.25) is 0 Å². The van der Waals surface area contributed by atoms with Crippen LogP contribution in [0.1, 0.15) is 89.5 Å². The lowest BCUT2D eigenvalue weighted by atomic mass is 9.49. The molecule has 8 rings (SSSR count). The molecule has 0 radical (unpaired) electrons. The van der Waals surface area contributed by atoms with Crippen LogP contribution in [0.4, 0.5) is 4.79 Å². The molecule has 1 aromatic carbocycles. The number of nitrogens with one attached hydrogen (secondary N) is 1. The third kappa shape index (κ3) is 4.79. The highest BCUT2D eigenvalue weighted by atomic mass is 35.5. The van der Waals surface area contributed by atoms with Crippen molar-refractivity contribution in [2.45, 2.75) is 95.6 Å². The number of piperidine rings is 1. The molecular formula is C31H41ClN4O4. The van der Waals surface area contributed by atoms with E-state index < -0.39 is 0 Å². The van der Waals surface area contributed by atoms with Crippen LogP contribution in [0.25, 0.3) is 11.0 Å². The van der Waals surface area contributed by atoms with Crippen molar-refractivity contribution in [2.75, 3.05) is 19.8 Å². The summed E-state index contributed by atoms with van der Waals surface area (Å²) in [5.41, 5.74) is 0.826. The average Bonchev–Trinajstić information content (AvgIpc) is 3.23. The van der Waals surface area contributed by atoms with Crippen LogP contribution in [0.5, 0.6) is 0 Å². The summed E-state index contributed by atoms with van der Waals surface area (Å²) in [5, 5.41) is 3.68. The molecule has 1 amide bonds. The number of nitrogens with zero attached hydrogens (tertiary/aromatic N) is 3. The maximum atomic E-state index is 13.6. The number of esters is 1. The number of amides is 1. The first-order valence-corrected chi connectivity index (χ1v) is 15.9. The predicted molar refractivity (Wildman–Crippen MR) is 153 cm³/mol. The number of hydrogen-bond acceptors (Lipinski definition) is 5. The van der Waals surface area contributed by atoms with Crippen molar-refractivity contribution in [3.8, 4) is 0 Å². The minimum atomic E-state index is -0.376. The fourth-order valence-corrected chi connectivity index (χ4v) is 9.36. The van der Waals surface area contributed by atoms with Crippen molar-refractivity contribution in [3.05, 3.63) is 33.7 Å². The number of halogens is 1. The van der Waals surface area contributed by atoms with Gasteiger partial charge in [-0.3, -0.25) is 14.3 Å². The van der Waals surface area contributed by atoms with Gasteiger partial charge in [0.25, 0.3) is 0 Å². The van der Waals surface area contributed by atoms with E-state index in [9.17, 15) is 14.4 Å². The fraction of sp³-hybridized carbons (Fsp3) is 0.710. The molecule has 6 aliphatic rings. The first-order valence-electron chi connectivity index (χ1n) is 15.5. The number of benzene rings is 1. The third-order valence-corrected chi connectivity index (χ3v) is 11.0. The molecule has 1 aromatic heterocycles. The van der Waals surface area contributed by atoms with Crippen LogP contribution >= 0.6 is 11.6 Å². The zero-order valence-corrected chi connectivity index (χ0v) is 24.0. The van der Waals surface area contributed by atoms with Crippen LogP contribution in [0, 0.1) is 23.2 Å². The van der Waals surface area contributed by atoms with Crippen molar-refractivity contribution in [3.63, 3.8) is 0 Å². The zero-order valence-electron chi connectivity index (χ0n) is 23.3. The normalized spacial score (nSPS) is 31.1. The number of rotatable bonds is 5. The monoisotopic (exact) mass is 568 g/mol. The van der Waals surface area contributed by atoms with E-state index in [1.54, 1.807) is 22.8 Å². The van der Waals surface area contributed by atoms with E-state index in [0.717, 1.165) is 94.1 Å². The molecule has 5 saturated carbocycles. The number of likely N-dealkylation sites (tertiary alicyclic amines) is 1. The van der Waals surface area contributed by atoms with Gasteiger partial charge < -0.3 is 10.1 Å². The van der Waals surface area contributed by atoms with Crippen LogP contribution < -0.4 is 11.0 Å². The Hall–Kier alpha value is -2.32. The summed E-state index contributed by atoms with van der Waals surface area (Å²) >= 11 is 6.30. The van der Waals surface area contributed by atoms with Crippen LogP contribution in [0.2, 0.25) is 5.02 Å². The summed E-state index contributed by atoms with van der Waals surface area (Å²) in [6, 6.07) is 5.01. The lowest BCUT2D eigenvalue weighted by Crippen LogP contribution is -2.51. The Morgan fingerprint density at radius 3 is 2.23 bits per heavy atom. The minimum Gasteiger partial charge on any atom is -0.449 e. The van der Waals surface area contributed by atoms with E-state index in [1.807, 2.05) is 0 Å². The first kappa shape index (κ1) is 26.6. The van der Waals surface area contributed by atoms with Crippen LogP contribution in [-0.4, -0.2) is 51.9 Å². The highest BCUT2D eigenvalue weighted by molar-refractivity contribution is 6.31. The van der Waals surface area contributed by atoms with Crippen molar-refractivity contribution in [1.82, 2.24) is 19.4 Å². The van der Waals surface area contributed by atoms with E-state index in [-0.39, 0.29) is 35.2 Å². The van der Waals surface area contributed by atoms with Gasteiger partial charge in [0.15, 0.2) is 0 Å². The summed E-state index contributed by atoms with van der Waals surface area (Å²) in [4.78, 5) is 42.4. The number of imidazole rings is 1. The van der Waals surface area contributed by atoms with Gasteiger partial charge >= 0.3 is 17.7 Å². The van der Waals surface area contributed by atoms with E-state index in [2.05, 4.69) is 10.2 Å². The number of carbonyl (C=O) groups is 2. The molecule has 0 atom stereocenters. The molecule has 0 unspecified atom stereocenters. The molecule has 5 aliphatic carbocycles. The van der Waals surface area contributed by atoms with Crippen LogP contribution in [-0.2, 0) is 9.53 Å². The largest absolute Gasteiger partial charge is 0.449 e. The second-order valence-corrected chi connectivity index (χ2v) is 13.9. The fourth-order valence-electron chi connectivity index (χ4n) is 9.19. The number of fused-ring (bicyclic) bond motifs is 1. The van der Waals surface area contributed by atoms with Crippen molar-refractivity contribution in [2.24, 2.45) is 23.2 Å². The maximum Gasteiger partial charge on any atom is 0.337 e. The molecule has 4 bridgehead atoms. The Bertz CT molecular complexity index is 1320. The number of aromatic nitrogens is 2. The smallest absolute Gasteiger partial charge is 0.337 e. The lowest BCUT2D eigenvalue weighted by molar-refractivity contribution is -0.176. The molecule has 40 heavy (non-hydrogen) atoms. The van der Waals surface area contributed by atoms with Gasteiger partial charge in [-0.15, -0.1) is 0 Å². The summed E-state index contributed by atoms with van der Waals surface area (Å²) in [5.74, 6) is 2.19. The Labute approximate surface area is 240 Å². The molecule has 9 heteroatoms. The lowest BCUT2D eigenvalue weighted by Gasteiger charge is -2.55. The molecule has 6 fully saturated rings. The Balaban J connectivity index is 0.969. The van der Waals surface area contributed by atoms with E-state index in [1.165, 1.54) is 30.3 Å². The molecule has 216 valence electrons. The van der Waals surface area contributed by atoms with Crippen molar-refractivity contribution >= 4 is 34.6 Å². The summed E-state index contributed by atoms with van der Waals surface area (Å²) in [7, 11) is 0. The Morgan fingerprint density at radius 2 is 1.57 bits per heavy atom. The second kappa shape index (κ2) is 10.5. The van der Waals surface area contributed by atoms with Gasteiger partial charge in [-0.05, 0) is 100 Å².